The Kier molecular flexibility index (Phi) is 8.48. The van der Waals surface area contributed by atoms with Crippen LogP contribution in [0.4, 0.5) is 5.69 Å². The number of ether oxygens (including phenoxy) is 3. The van der Waals surface area contributed by atoms with Crippen molar-refractivity contribution >= 4 is 50.5 Å². The number of methoxy groups -OCH3 is 2. The van der Waals surface area contributed by atoms with E-state index in [2.05, 4.69) is 35.7 Å². The number of thioether (sulfide) groups is 1. The largest absolute Gasteiger partial charge is 0.497 e. The van der Waals surface area contributed by atoms with Crippen molar-refractivity contribution in [1.82, 2.24) is 4.90 Å². The molecule has 0 atom stereocenters. The number of benzene rings is 2. The van der Waals surface area contributed by atoms with Gasteiger partial charge < -0.3 is 14.2 Å². The maximum Gasteiger partial charge on any atom is 0.266 e. The SMILES string of the molecule is C#CCOc1c(Br)cc(C=C2SC(=Nc3ccc(OC)cc3)N(CC(C)C)C2=O)cc1OC. The molecule has 0 N–H and O–H groups in total. The van der Waals surface area contributed by atoms with Crippen LogP contribution in [0.2, 0.25) is 0 Å². The maximum absolute atomic E-state index is 13.2. The first kappa shape index (κ1) is 24.7. The first-order valence-corrected chi connectivity index (χ1v) is 11.8. The molecule has 0 radical (unpaired) electrons. The van der Waals surface area contributed by atoms with Crippen molar-refractivity contribution in [2.45, 2.75) is 13.8 Å². The molecule has 0 saturated carbocycles. The number of hydrogen-bond acceptors (Lipinski definition) is 6. The fourth-order valence-electron chi connectivity index (χ4n) is 3.11. The van der Waals surface area contributed by atoms with E-state index in [0.29, 0.717) is 32.6 Å². The Hall–Kier alpha value is -2.89. The van der Waals surface area contributed by atoms with Gasteiger partial charge in [0.1, 0.15) is 12.4 Å². The average molecular weight is 529 g/mol. The molecule has 2 aromatic rings. The van der Waals surface area contributed by atoms with E-state index in [4.69, 9.17) is 25.6 Å². The van der Waals surface area contributed by atoms with Gasteiger partial charge in [-0.1, -0.05) is 19.8 Å². The Balaban J connectivity index is 1.96. The summed E-state index contributed by atoms with van der Waals surface area (Å²) in [5.74, 6) is 4.44. The molecule has 1 amide bonds. The molecule has 172 valence electrons. The second-order valence-electron chi connectivity index (χ2n) is 7.54. The zero-order chi connectivity index (χ0) is 24.0. The van der Waals surface area contributed by atoms with E-state index in [-0.39, 0.29) is 18.4 Å². The predicted molar refractivity (Wildman–Crippen MR) is 137 cm³/mol. The third-order valence-corrected chi connectivity index (χ3v) is 6.18. The third kappa shape index (κ3) is 6.12. The normalized spacial score (nSPS) is 15.9. The number of carbonyl (C=O) groups excluding carboxylic acids is 1. The summed E-state index contributed by atoms with van der Waals surface area (Å²) in [6.45, 7) is 4.84. The highest BCUT2D eigenvalue weighted by molar-refractivity contribution is 9.10. The van der Waals surface area contributed by atoms with E-state index in [9.17, 15) is 4.79 Å². The highest BCUT2D eigenvalue weighted by Crippen LogP contribution is 2.39. The molecule has 1 heterocycles. The van der Waals surface area contributed by atoms with Crippen LogP contribution in [0.1, 0.15) is 19.4 Å². The number of aliphatic imine (C=N–C) groups is 1. The van der Waals surface area contributed by atoms with Crippen LogP contribution in [-0.2, 0) is 4.79 Å². The Bertz CT molecular complexity index is 1120. The summed E-state index contributed by atoms with van der Waals surface area (Å²) in [4.78, 5) is 20.3. The molecule has 8 heteroatoms. The van der Waals surface area contributed by atoms with Gasteiger partial charge >= 0.3 is 0 Å². The minimum Gasteiger partial charge on any atom is -0.497 e. The van der Waals surface area contributed by atoms with Crippen molar-refractivity contribution in [3.8, 4) is 29.6 Å². The first-order valence-electron chi connectivity index (χ1n) is 10.2. The molecule has 0 spiro atoms. The lowest BCUT2D eigenvalue weighted by Gasteiger charge is -2.17. The van der Waals surface area contributed by atoms with Crippen molar-refractivity contribution in [1.29, 1.82) is 0 Å². The van der Waals surface area contributed by atoms with Crippen LogP contribution in [0, 0.1) is 18.3 Å². The second-order valence-corrected chi connectivity index (χ2v) is 9.40. The zero-order valence-corrected chi connectivity index (χ0v) is 21.3. The quantitative estimate of drug-likeness (QED) is 0.323. The summed E-state index contributed by atoms with van der Waals surface area (Å²) in [5, 5.41) is 0.644. The summed E-state index contributed by atoms with van der Waals surface area (Å²) in [5.41, 5.74) is 1.54. The molecule has 1 fully saturated rings. The van der Waals surface area contributed by atoms with Crippen molar-refractivity contribution in [2.75, 3.05) is 27.4 Å². The molecular weight excluding hydrogens is 504 g/mol. The molecule has 6 nitrogen and oxygen atoms in total. The van der Waals surface area contributed by atoms with E-state index >= 15 is 0 Å². The number of terminal acetylenes is 1. The standard InChI is InChI=1S/C25H25BrN2O4S/c1-6-11-32-23-20(26)12-17(13-21(23)31-5)14-22-24(29)28(15-16(2)3)25(33-22)27-18-7-9-19(30-4)10-8-18/h1,7-10,12-14,16H,11,15H2,2-5H3. The molecule has 0 aromatic heterocycles. The molecule has 0 aliphatic carbocycles. The zero-order valence-electron chi connectivity index (χ0n) is 18.9. The second kappa shape index (κ2) is 11.3. The molecule has 0 unspecified atom stereocenters. The topological polar surface area (TPSA) is 60.4 Å². The summed E-state index contributed by atoms with van der Waals surface area (Å²) < 4.78 is 16.9. The smallest absolute Gasteiger partial charge is 0.266 e. The fraction of sp³-hybridized carbons (Fsp3) is 0.280. The molecular formula is C25H25BrN2O4S. The van der Waals surface area contributed by atoms with Gasteiger partial charge in [-0.2, -0.15) is 0 Å². The molecule has 33 heavy (non-hydrogen) atoms. The molecule has 3 rings (SSSR count). The van der Waals surface area contributed by atoms with Gasteiger partial charge in [-0.3, -0.25) is 9.69 Å². The van der Waals surface area contributed by atoms with E-state index in [1.807, 2.05) is 42.5 Å². The van der Waals surface area contributed by atoms with Gasteiger partial charge in [-0.25, -0.2) is 4.99 Å². The lowest BCUT2D eigenvalue weighted by Crippen LogP contribution is -2.32. The van der Waals surface area contributed by atoms with Crippen molar-refractivity contribution in [3.63, 3.8) is 0 Å². The Morgan fingerprint density at radius 1 is 1.21 bits per heavy atom. The molecule has 2 aromatic carbocycles. The molecule has 1 aliphatic heterocycles. The summed E-state index contributed by atoms with van der Waals surface area (Å²) >= 11 is 4.86. The number of carbonyl (C=O) groups is 1. The van der Waals surface area contributed by atoms with E-state index in [1.54, 1.807) is 19.1 Å². The van der Waals surface area contributed by atoms with Gasteiger partial charge in [0.15, 0.2) is 16.7 Å². The van der Waals surface area contributed by atoms with Crippen molar-refractivity contribution < 1.29 is 19.0 Å². The molecule has 1 saturated heterocycles. The lowest BCUT2D eigenvalue weighted by molar-refractivity contribution is -0.122. The fourth-order valence-corrected chi connectivity index (χ4v) is 4.70. The maximum atomic E-state index is 13.2. The molecule has 1 aliphatic rings. The average Bonchev–Trinajstić information content (AvgIpc) is 3.06. The van der Waals surface area contributed by atoms with Crippen LogP contribution < -0.4 is 14.2 Å². The number of amides is 1. The number of rotatable bonds is 8. The summed E-state index contributed by atoms with van der Waals surface area (Å²) in [6, 6.07) is 11.1. The van der Waals surface area contributed by atoms with Crippen molar-refractivity contribution in [2.24, 2.45) is 10.9 Å². The monoisotopic (exact) mass is 528 g/mol. The third-order valence-electron chi connectivity index (χ3n) is 4.58. The Morgan fingerprint density at radius 2 is 1.94 bits per heavy atom. The van der Waals surface area contributed by atoms with Gasteiger partial charge in [0.05, 0.1) is 29.3 Å². The van der Waals surface area contributed by atoms with Crippen LogP contribution in [0.25, 0.3) is 6.08 Å². The molecule has 0 bridgehead atoms. The lowest BCUT2D eigenvalue weighted by atomic mass is 10.1. The van der Waals surface area contributed by atoms with E-state index < -0.39 is 0 Å². The Labute approximate surface area is 207 Å². The minimum absolute atomic E-state index is 0.0799. The number of nitrogens with zero attached hydrogens (tertiary/aromatic N) is 2. The van der Waals surface area contributed by atoms with Crippen LogP contribution in [0.5, 0.6) is 17.2 Å². The first-order chi connectivity index (χ1) is 15.9. The van der Waals surface area contributed by atoms with Crippen LogP contribution in [0.15, 0.2) is 50.8 Å². The summed E-state index contributed by atoms with van der Waals surface area (Å²) in [7, 11) is 3.18. The van der Waals surface area contributed by atoms with Crippen LogP contribution in [-0.4, -0.2) is 43.3 Å². The number of halogens is 1. The van der Waals surface area contributed by atoms with E-state index in [0.717, 1.165) is 17.0 Å². The Morgan fingerprint density at radius 3 is 2.55 bits per heavy atom. The van der Waals surface area contributed by atoms with Gasteiger partial charge in [-0.15, -0.1) is 6.42 Å². The highest BCUT2D eigenvalue weighted by atomic mass is 79.9. The van der Waals surface area contributed by atoms with Crippen LogP contribution >= 0.6 is 27.7 Å². The highest BCUT2D eigenvalue weighted by Gasteiger charge is 2.33. The van der Waals surface area contributed by atoms with Gasteiger partial charge in [0, 0.05) is 6.54 Å². The van der Waals surface area contributed by atoms with Gasteiger partial charge in [0.25, 0.3) is 5.91 Å². The number of amidine groups is 1. The van der Waals surface area contributed by atoms with E-state index in [1.165, 1.54) is 11.8 Å². The van der Waals surface area contributed by atoms with Crippen molar-refractivity contribution in [3.05, 3.63) is 51.3 Å². The minimum atomic E-state index is -0.0799. The van der Waals surface area contributed by atoms with Crippen LogP contribution in [0.3, 0.4) is 0 Å². The predicted octanol–water partition coefficient (Wildman–Crippen LogP) is 5.74. The summed E-state index contributed by atoms with van der Waals surface area (Å²) in [6.07, 6.45) is 7.13. The number of hydrogen-bond donors (Lipinski definition) is 0. The van der Waals surface area contributed by atoms with Gasteiger partial charge in [-0.05, 0) is 81.6 Å². The van der Waals surface area contributed by atoms with Gasteiger partial charge in [0.2, 0.25) is 0 Å².